The van der Waals surface area contributed by atoms with Gasteiger partial charge in [-0.1, -0.05) is 23.7 Å². The van der Waals surface area contributed by atoms with Gasteiger partial charge in [-0.05, 0) is 38.0 Å². The molecular formula is C15H23ClN2O2. The Labute approximate surface area is 125 Å². The van der Waals surface area contributed by atoms with Gasteiger partial charge in [-0.15, -0.1) is 0 Å². The summed E-state index contributed by atoms with van der Waals surface area (Å²) in [6.07, 6.45) is 0.683. The van der Waals surface area contributed by atoms with Crippen molar-refractivity contribution in [2.75, 3.05) is 19.7 Å². The largest absolute Gasteiger partial charge is 0.396 e. The standard InChI is InChI=1S/C15H23ClN2O2/c1-12(2)18(8-3-9-19)11-15(20)17-10-13-4-6-14(16)7-5-13/h4-7,12,19H,3,8-11H2,1-2H3,(H,17,20). The zero-order valence-corrected chi connectivity index (χ0v) is 12.9. The number of benzene rings is 1. The molecule has 4 nitrogen and oxygen atoms in total. The smallest absolute Gasteiger partial charge is 0.234 e. The molecule has 2 N–H and O–H groups in total. The topological polar surface area (TPSA) is 52.6 Å². The summed E-state index contributed by atoms with van der Waals surface area (Å²) in [5.74, 6) is -0.00779. The molecule has 1 aromatic rings. The molecule has 112 valence electrons. The average Bonchev–Trinajstić information content (AvgIpc) is 2.42. The van der Waals surface area contributed by atoms with E-state index in [0.717, 1.165) is 12.1 Å². The molecular weight excluding hydrogens is 276 g/mol. The van der Waals surface area contributed by atoms with Crippen LogP contribution in [-0.2, 0) is 11.3 Å². The van der Waals surface area contributed by atoms with E-state index in [4.69, 9.17) is 16.7 Å². The average molecular weight is 299 g/mol. The van der Waals surface area contributed by atoms with E-state index in [-0.39, 0.29) is 18.6 Å². The van der Waals surface area contributed by atoms with E-state index in [1.807, 2.05) is 43.0 Å². The SMILES string of the molecule is CC(C)N(CCCO)CC(=O)NCc1ccc(Cl)cc1. The number of amides is 1. The zero-order valence-electron chi connectivity index (χ0n) is 12.1. The summed E-state index contributed by atoms with van der Waals surface area (Å²) in [6.45, 7) is 5.82. The van der Waals surface area contributed by atoms with Crippen LogP contribution in [0, 0.1) is 0 Å². The molecule has 0 spiro atoms. The first-order valence-corrected chi connectivity index (χ1v) is 7.26. The lowest BCUT2D eigenvalue weighted by Crippen LogP contribution is -2.41. The van der Waals surface area contributed by atoms with Crippen LogP contribution < -0.4 is 5.32 Å². The van der Waals surface area contributed by atoms with Crippen LogP contribution in [0.2, 0.25) is 5.02 Å². The van der Waals surface area contributed by atoms with Crippen molar-refractivity contribution in [3.05, 3.63) is 34.9 Å². The first kappa shape index (κ1) is 17.0. The Balaban J connectivity index is 2.39. The van der Waals surface area contributed by atoms with Crippen molar-refractivity contribution >= 4 is 17.5 Å². The number of halogens is 1. The Bertz CT molecular complexity index is 407. The third kappa shape index (κ3) is 6.37. The van der Waals surface area contributed by atoms with Gasteiger partial charge in [0.25, 0.3) is 0 Å². The van der Waals surface area contributed by atoms with Crippen molar-refractivity contribution < 1.29 is 9.90 Å². The summed E-state index contributed by atoms with van der Waals surface area (Å²) in [6, 6.07) is 7.70. The van der Waals surface area contributed by atoms with Crippen LogP contribution in [0.5, 0.6) is 0 Å². The lowest BCUT2D eigenvalue weighted by atomic mass is 10.2. The summed E-state index contributed by atoms with van der Waals surface area (Å²) in [5, 5.41) is 12.5. The highest BCUT2D eigenvalue weighted by atomic mass is 35.5. The summed E-state index contributed by atoms with van der Waals surface area (Å²) >= 11 is 5.81. The van der Waals surface area contributed by atoms with Crippen molar-refractivity contribution in [3.8, 4) is 0 Å². The normalized spacial score (nSPS) is 11.1. The molecule has 0 fully saturated rings. The summed E-state index contributed by atoms with van der Waals surface area (Å²) in [4.78, 5) is 14.0. The highest BCUT2D eigenvalue weighted by Crippen LogP contribution is 2.09. The zero-order chi connectivity index (χ0) is 15.0. The Kier molecular flexibility index (Phi) is 7.59. The second-order valence-electron chi connectivity index (χ2n) is 5.04. The van der Waals surface area contributed by atoms with Crippen molar-refractivity contribution in [1.29, 1.82) is 0 Å². The second-order valence-corrected chi connectivity index (χ2v) is 5.48. The van der Waals surface area contributed by atoms with Gasteiger partial charge in [0.05, 0.1) is 6.54 Å². The molecule has 0 atom stereocenters. The Hall–Kier alpha value is -1.10. The van der Waals surface area contributed by atoms with E-state index in [1.165, 1.54) is 0 Å². The van der Waals surface area contributed by atoms with Gasteiger partial charge in [0, 0.05) is 30.8 Å². The van der Waals surface area contributed by atoms with E-state index in [9.17, 15) is 4.79 Å². The van der Waals surface area contributed by atoms with Gasteiger partial charge in [0.2, 0.25) is 5.91 Å². The van der Waals surface area contributed by atoms with E-state index < -0.39 is 0 Å². The molecule has 0 radical (unpaired) electrons. The van der Waals surface area contributed by atoms with Crippen LogP contribution in [0.25, 0.3) is 0 Å². The van der Waals surface area contributed by atoms with Crippen molar-refractivity contribution in [1.82, 2.24) is 10.2 Å². The third-order valence-corrected chi connectivity index (χ3v) is 3.34. The van der Waals surface area contributed by atoms with Gasteiger partial charge in [-0.2, -0.15) is 0 Å². The molecule has 0 heterocycles. The molecule has 20 heavy (non-hydrogen) atoms. The maximum Gasteiger partial charge on any atom is 0.234 e. The Morgan fingerprint density at radius 2 is 2.00 bits per heavy atom. The van der Waals surface area contributed by atoms with Crippen LogP contribution in [0.15, 0.2) is 24.3 Å². The molecule has 0 saturated heterocycles. The lowest BCUT2D eigenvalue weighted by Gasteiger charge is -2.25. The van der Waals surface area contributed by atoms with Crippen LogP contribution in [0.4, 0.5) is 0 Å². The molecule has 0 unspecified atom stereocenters. The number of carbonyl (C=O) groups excluding carboxylic acids is 1. The predicted molar refractivity (Wildman–Crippen MR) is 81.7 cm³/mol. The van der Waals surface area contributed by atoms with Gasteiger partial charge in [-0.25, -0.2) is 0 Å². The molecule has 1 aromatic carbocycles. The van der Waals surface area contributed by atoms with Crippen LogP contribution in [-0.4, -0.2) is 41.7 Å². The molecule has 0 aliphatic carbocycles. The molecule has 1 rings (SSSR count). The highest BCUT2D eigenvalue weighted by molar-refractivity contribution is 6.30. The van der Waals surface area contributed by atoms with Gasteiger partial charge < -0.3 is 10.4 Å². The molecule has 0 saturated carbocycles. The van der Waals surface area contributed by atoms with Crippen molar-refractivity contribution in [2.45, 2.75) is 32.9 Å². The second kappa shape index (κ2) is 8.95. The number of nitrogens with one attached hydrogen (secondary N) is 1. The number of hydrogen-bond donors (Lipinski definition) is 2. The van der Waals surface area contributed by atoms with Crippen molar-refractivity contribution in [3.63, 3.8) is 0 Å². The number of hydrogen-bond acceptors (Lipinski definition) is 3. The molecule has 0 bridgehead atoms. The number of carbonyl (C=O) groups is 1. The lowest BCUT2D eigenvalue weighted by molar-refractivity contribution is -0.122. The van der Waals surface area contributed by atoms with Gasteiger partial charge in [-0.3, -0.25) is 9.69 Å². The molecule has 5 heteroatoms. The minimum Gasteiger partial charge on any atom is -0.396 e. The Morgan fingerprint density at radius 3 is 2.55 bits per heavy atom. The van der Waals surface area contributed by atoms with Crippen LogP contribution >= 0.6 is 11.6 Å². The Morgan fingerprint density at radius 1 is 1.35 bits per heavy atom. The van der Waals surface area contributed by atoms with E-state index in [0.29, 0.717) is 24.5 Å². The van der Waals surface area contributed by atoms with E-state index in [1.54, 1.807) is 0 Å². The fourth-order valence-electron chi connectivity index (χ4n) is 1.84. The minimum absolute atomic E-state index is 0.00779. The quantitative estimate of drug-likeness (QED) is 0.772. The number of nitrogens with zero attached hydrogens (tertiary/aromatic N) is 1. The fourth-order valence-corrected chi connectivity index (χ4v) is 1.96. The van der Waals surface area contributed by atoms with E-state index >= 15 is 0 Å². The highest BCUT2D eigenvalue weighted by Gasteiger charge is 2.13. The molecule has 0 aliphatic heterocycles. The fraction of sp³-hybridized carbons (Fsp3) is 0.533. The molecule has 0 aromatic heterocycles. The van der Waals surface area contributed by atoms with Gasteiger partial charge >= 0.3 is 0 Å². The van der Waals surface area contributed by atoms with Crippen LogP contribution in [0.3, 0.4) is 0 Å². The van der Waals surface area contributed by atoms with E-state index in [2.05, 4.69) is 5.32 Å². The maximum atomic E-state index is 11.9. The maximum absolute atomic E-state index is 11.9. The molecule has 1 amide bonds. The van der Waals surface area contributed by atoms with Crippen molar-refractivity contribution in [2.24, 2.45) is 0 Å². The first-order chi connectivity index (χ1) is 9.52. The monoisotopic (exact) mass is 298 g/mol. The predicted octanol–water partition coefficient (Wildman–Crippen LogP) is 2.05. The number of rotatable bonds is 8. The summed E-state index contributed by atoms with van der Waals surface area (Å²) < 4.78 is 0. The minimum atomic E-state index is -0.00779. The van der Waals surface area contributed by atoms with Gasteiger partial charge in [0.15, 0.2) is 0 Å². The van der Waals surface area contributed by atoms with Gasteiger partial charge in [0.1, 0.15) is 0 Å². The number of aliphatic hydroxyl groups is 1. The third-order valence-electron chi connectivity index (χ3n) is 3.08. The molecule has 0 aliphatic rings. The summed E-state index contributed by atoms with van der Waals surface area (Å²) in [7, 11) is 0. The summed E-state index contributed by atoms with van der Waals surface area (Å²) in [5.41, 5.74) is 1.02. The van der Waals surface area contributed by atoms with Crippen LogP contribution in [0.1, 0.15) is 25.8 Å². The first-order valence-electron chi connectivity index (χ1n) is 6.89. The number of aliphatic hydroxyl groups excluding tert-OH is 1.